The number of aromatic nitrogens is 4. The van der Waals surface area contributed by atoms with E-state index in [9.17, 15) is 14.4 Å². The topological polar surface area (TPSA) is 127 Å². The van der Waals surface area contributed by atoms with Gasteiger partial charge in [0.25, 0.3) is 0 Å². The summed E-state index contributed by atoms with van der Waals surface area (Å²) in [7, 11) is 0. The van der Waals surface area contributed by atoms with Gasteiger partial charge in [-0.15, -0.1) is 16.4 Å². The Bertz CT molecular complexity index is 1080. The van der Waals surface area contributed by atoms with E-state index in [2.05, 4.69) is 25.5 Å². The van der Waals surface area contributed by atoms with Crippen LogP contribution < -0.4 is 5.32 Å². The summed E-state index contributed by atoms with van der Waals surface area (Å²) >= 11 is 2.20. The molecule has 11 heteroatoms. The molecule has 0 unspecified atom stereocenters. The highest BCUT2D eigenvalue weighted by atomic mass is 32.2. The predicted octanol–water partition coefficient (Wildman–Crippen LogP) is 3.35. The zero-order valence-corrected chi connectivity index (χ0v) is 18.1. The number of hydrogen-bond donors (Lipinski definition) is 2. The quantitative estimate of drug-likeness (QED) is 0.307. The van der Waals surface area contributed by atoms with E-state index in [1.165, 1.54) is 6.92 Å². The highest BCUT2D eigenvalue weighted by molar-refractivity contribution is 7.99. The Balaban J connectivity index is 1.69. The normalized spacial score (nSPS) is 10.6. The van der Waals surface area contributed by atoms with Gasteiger partial charge in [-0.3, -0.25) is 19.7 Å². The lowest BCUT2D eigenvalue weighted by Crippen LogP contribution is -2.16. The van der Waals surface area contributed by atoms with Crippen molar-refractivity contribution >= 4 is 45.8 Å². The van der Waals surface area contributed by atoms with E-state index < -0.39 is 5.97 Å². The van der Waals surface area contributed by atoms with E-state index in [0.717, 1.165) is 23.1 Å². The molecule has 0 bridgehead atoms. The van der Waals surface area contributed by atoms with Crippen molar-refractivity contribution in [3.05, 3.63) is 40.4 Å². The molecule has 9 nitrogen and oxygen atoms in total. The molecule has 0 aliphatic carbocycles. The summed E-state index contributed by atoms with van der Waals surface area (Å²) in [6.45, 7) is 4.96. The molecular formula is C19H19N5O4S2. The Morgan fingerprint density at radius 2 is 2.10 bits per heavy atom. The van der Waals surface area contributed by atoms with Gasteiger partial charge in [-0.2, -0.15) is 4.98 Å². The van der Waals surface area contributed by atoms with Crippen molar-refractivity contribution in [1.82, 2.24) is 20.2 Å². The zero-order chi connectivity index (χ0) is 21.7. The fourth-order valence-electron chi connectivity index (χ4n) is 2.61. The van der Waals surface area contributed by atoms with Gasteiger partial charge in [-0.1, -0.05) is 17.8 Å². The first-order valence-corrected chi connectivity index (χ1v) is 10.8. The van der Waals surface area contributed by atoms with E-state index in [0.29, 0.717) is 32.1 Å². The van der Waals surface area contributed by atoms with Crippen molar-refractivity contribution in [2.45, 2.75) is 25.9 Å². The molecule has 3 rings (SSSR count). The predicted molar refractivity (Wildman–Crippen MR) is 114 cm³/mol. The number of esters is 1. The number of aromatic amines is 1. The summed E-state index contributed by atoms with van der Waals surface area (Å²) in [5.41, 5.74) is 1.36. The second-order valence-corrected chi connectivity index (χ2v) is 8.02. The summed E-state index contributed by atoms with van der Waals surface area (Å²) < 4.78 is 5.07. The summed E-state index contributed by atoms with van der Waals surface area (Å²) in [6.07, 6.45) is 1.65. The Morgan fingerprint density at radius 3 is 2.77 bits per heavy atom. The van der Waals surface area contributed by atoms with Crippen LogP contribution in [0.3, 0.4) is 0 Å². The van der Waals surface area contributed by atoms with Gasteiger partial charge in [0.2, 0.25) is 11.1 Å². The van der Waals surface area contributed by atoms with Crippen LogP contribution >= 0.6 is 23.1 Å². The number of nitrogens with one attached hydrogen (secondary N) is 2. The Labute approximate surface area is 180 Å². The summed E-state index contributed by atoms with van der Waals surface area (Å²) in [5.74, 6) is -0.584. The number of anilines is 1. The molecule has 0 spiro atoms. The molecule has 0 radical (unpaired) electrons. The number of hydrogen-bond acceptors (Lipinski definition) is 9. The lowest BCUT2D eigenvalue weighted by atomic mass is 10.1. The third-order valence-electron chi connectivity index (χ3n) is 3.90. The van der Waals surface area contributed by atoms with Crippen LogP contribution in [0.2, 0.25) is 0 Å². The Kier molecular flexibility index (Phi) is 6.95. The molecule has 3 aromatic rings. The standard InChI is InChI=1S/C19H19N5O4S2/c1-4-28-18(27)14-10(2)15(11(3)25)30-17(14)21-13(26)9-29-19-22-16(23-24-19)12-7-5-6-8-20-12/h5-8H,4,9H2,1-3H3,(H,21,26)(H,22,23,24). The number of carbonyl (C=O) groups excluding carboxylic acids is 3. The summed E-state index contributed by atoms with van der Waals surface area (Å²) in [4.78, 5) is 45.5. The molecule has 0 saturated heterocycles. The van der Waals surface area contributed by atoms with Crippen LogP contribution in [0.25, 0.3) is 11.5 Å². The van der Waals surface area contributed by atoms with Crippen molar-refractivity contribution in [2.24, 2.45) is 0 Å². The van der Waals surface area contributed by atoms with Crippen LogP contribution in [0.4, 0.5) is 5.00 Å². The van der Waals surface area contributed by atoms with Crippen LogP contribution in [0.1, 0.15) is 39.4 Å². The third kappa shape index (κ3) is 4.92. The number of rotatable bonds is 8. The number of nitrogens with zero attached hydrogens (tertiary/aromatic N) is 3. The van der Waals surface area contributed by atoms with Gasteiger partial charge in [-0.05, 0) is 38.5 Å². The van der Waals surface area contributed by atoms with Crippen molar-refractivity contribution < 1.29 is 19.1 Å². The monoisotopic (exact) mass is 445 g/mol. The second kappa shape index (κ2) is 9.63. The SMILES string of the molecule is CCOC(=O)c1c(NC(=O)CSc2n[nH]c(-c3ccccn3)n2)sc(C(C)=O)c1C. The van der Waals surface area contributed by atoms with E-state index in [-0.39, 0.29) is 29.6 Å². The number of ether oxygens (including phenoxy) is 1. The minimum absolute atomic E-state index is 0.0220. The van der Waals surface area contributed by atoms with E-state index in [1.54, 1.807) is 32.2 Å². The van der Waals surface area contributed by atoms with Crippen LogP contribution in [-0.4, -0.2) is 50.2 Å². The maximum absolute atomic E-state index is 12.4. The largest absolute Gasteiger partial charge is 0.462 e. The molecule has 0 saturated carbocycles. The lowest BCUT2D eigenvalue weighted by Gasteiger charge is -2.06. The molecule has 0 aromatic carbocycles. The second-order valence-electron chi connectivity index (χ2n) is 6.06. The fourth-order valence-corrected chi connectivity index (χ4v) is 4.31. The average Bonchev–Trinajstić information content (AvgIpc) is 3.32. The third-order valence-corrected chi connectivity index (χ3v) is 6.06. The Morgan fingerprint density at radius 1 is 1.30 bits per heavy atom. The summed E-state index contributed by atoms with van der Waals surface area (Å²) in [6, 6.07) is 5.43. The van der Waals surface area contributed by atoms with Gasteiger partial charge in [0.1, 0.15) is 10.7 Å². The van der Waals surface area contributed by atoms with Crippen LogP contribution in [0, 0.1) is 6.92 Å². The van der Waals surface area contributed by atoms with E-state index in [1.807, 2.05) is 6.07 Å². The van der Waals surface area contributed by atoms with Gasteiger partial charge < -0.3 is 10.1 Å². The number of thioether (sulfide) groups is 1. The summed E-state index contributed by atoms with van der Waals surface area (Å²) in [5, 5.41) is 10.2. The zero-order valence-electron chi connectivity index (χ0n) is 16.5. The highest BCUT2D eigenvalue weighted by Crippen LogP contribution is 2.34. The number of pyridine rings is 1. The minimum atomic E-state index is -0.573. The number of amides is 1. The van der Waals surface area contributed by atoms with Crippen LogP contribution in [0.15, 0.2) is 29.6 Å². The molecule has 2 N–H and O–H groups in total. The first kappa shape index (κ1) is 21.7. The van der Waals surface area contributed by atoms with E-state index >= 15 is 0 Å². The maximum atomic E-state index is 12.4. The van der Waals surface area contributed by atoms with Crippen molar-refractivity contribution in [2.75, 3.05) is 17.7 Å². The molecule has 0 atom stereocenters. The smallest absolute Gasteiger partial charge is 0.341 e. The molecule has 156 valence electrons. The van der Waals surface area contributed by atoms with Gasteiger partial charge in [0.05, 0.1) is 22.8 Å². The molecule has 30 heavy (non-hydrogen) atoms. The number of H-pyrrole nitrogens is 1. The van der Waals surface area contributed by atoms with Gasteiger partial charge >= 0.3 is 5.97 Å². The number of ketones is 1. The molecule has 0 aliphatic heterocycles. The molecule has 0 aliphatic rings. The molecule has 1 amide bonds. The average molecular weight is 446 g/mol. The minimum Gasteiger partial charge on any atom is -0.462 e. The Hall–Kier alpha value is -3.05. The van der Waals surface area contributed by atoms with Gasteiger partial charge in [-0.25, -0.2) is 4.79 Å². The van der Waals surface area contributed by atoms with Crippen molar-refractivity contribution in [3.8, 4) is 11.5 Å². The lowest BCUT2D eigenvalue weighted by molar-refractivity contribution is -0.113. The molecule has 3 aromatic heterocycles. The van der Waals surface area contributed by atoms with Crippen molar-refractivity contribution in [1.29, 1.82) is 0 Å². The molecule has 3 heterocycles. The molecular weight excluding hydrogens is 426 g/mol. The first-order valence-electron chi connectivity index (χ1n) is 8.98. The number of Topliss-reactive ketones (excluding diaryl/α,β-unsaturated/α-hetero) is 1. The van der Waals surface area contributed by atoms with Crippen LogP contribution in [-0.2, 0) is 9.53 Å². The number of carbonyl (C=O) groups is 3. The fraction of sp³-hybridized carbons (Fsp3) is 0.263. The van der Waals surface area contributed by atoms with Gasteiger partial charge in [0.15, 0.2) is 11.6 Å². The molecule has 0 fully saturated rings. The van der Waals surface area contributed by atoms with E-state index in [4.69, 9.17) is 4.74 Å². The van der Waals surface area contributed by atoms with Gasteiger partial charge in [0, 0.05) is 6.20 Å². The first-order chi connectivity index (χ1) is 14.4. The van der Waals surface area contributed by atoms with Crippen molar-refractivity contribution in [3.63, 3.8) is 0 Å². The van der Waals surface area contributed by atoms with Crippen LogP contribution in [0.5, 0.6) is 0 Å². The highest BCUT2D eigenvalue weighted by Gasteiger charge is 2.25. The maximum Gasteiger partial charge on any atom is 0.341 e. The number of thiophene rings is 1.